The molecule has 2 aromatic carbocycles. The minimum atomic E-state index is -0.779. The van der Waals surface area contributed by atoms with Crippen molar-refractivity contribution in [1.29, 1.82) is 0 Å². The predicted octanol–water partition coefficient (Wildman–Crippen LogP) is 3.02. The molecule has 0 radical (unpaired) electrons. The van der Waals surface area contributed by atoms with Gasteiger partial charge in [-0.05, 0) is 36.8 Å². The van der Waals surface area contributed by atoms with E-state index in [-0.39, 0.29) is 17.1 Å². The second-order valence-corrected chi connectivity index (χ2v) is 7.02. The predicted molar refractivity (Wildman–Crippen MR) is 108 cm³/mol. The number of carbonyl (C=O) groups excluding carboxylic acids is 2. The molecular formula is C21H23N3O5. The molecule has 0 atom stereocenters. The number of amides is 2. The number of nitro groups is 1. The smallest absolute Gasteiger partial charge is 0.314 e. The van der Waals surface area contributed by atoms with Crippen molar-refractivity contribution in [3.8, 4) is 5.75 Å². The van der Waals surface area contributed by atoms with Crippen molar-refractivity contribution < 1.29 is 19.2 Å². The van der Waals surface area contributed by atoms with Crippen molar-refractivity contribution in [2.24, 2.45) is 5.92 Å². The number of carbonyl (C=O) groups is 2. The summed E-state index contributed by atoms with van der Waals surface area (Å²) in [5.74, 6) is -0.775. The van der Waals surface area contributed by atoms with Crippen molar-refractivity contribution in [3.63, 3.8) is 0 Å². The molecule has 29 heavy (non-hydrogen) atoms. The molecule has 0 saturated carbocycles. The monoisotopic (exact) mass is 397 g/mol. The van der Waals surface area contributed by atoms with E-state index in [0.717, 1.165) is 19.3 Å². The fourth-order valence-electron chi connectivity index (χ4n) is 3.50. The molecule has 2 aromatic rings. The van der Waals surface area contributed by atoms with Gasteiger partial charge >= 0.3 is 11.8 Å². The van der Waals surface area contributed by atoms with Gasteiger partial charge < -0.3 is 15.0 Å². The number of rotatable bonds is 5. The maximum atomic E-state index is 12.5. The summed E-state index contributed by atoms with van der Waals surface area (Å²) in [4.78, 5) is 36.7. The van der Waals surface area contributed by atoms with Crippen molar-refractivity contribution in [2.45, 2.75) is 19.3 Å². The van der Waals surface area contributed by atoms with Gasteiger partial charge in [-0.1, -0.05) is 30.3 Å². The highest BCUT2D eigenvalue weighted by Crippen LogP contribution is 2.29. The Morgan fingerprint density at radius 3 is 2.48 bits per heavy atom. The van der Waals surface area contributed by atoms with Crippen LogP contribution in [0.25, 0.3) is 0 Å². The number of ether oxygens (including phenoxy) is 1. The molecule has 0 aromatic heterocycles. The molecule has 0 spiro atoms. The van der Waals surface area contributed by atoms with Gasteiger partial charge in [0.25, 0.3) is 5.69 Å². The minimum absolute atomic E-state index is 0.127. The number of nitrogens with zero attached hydrogens (tertiary/aromatic N) is 2. The Balaban J connectivity index is 1.56. The molecule has 2 amide bonds. The van der Waals surface area contributed by atoms with E-state index in [2.05, 4.69) is 17.4 Å². The normalized spacial score (nSPS) is 14.3. The summed E-state index contributed by atoms with van der Waals surface area (Å²) in [5, 5.41) is 13.4. The molecule has 0 aliphatic carbocycles. The van der Waals surface area contributed by atoms with Crippen molar-refractivity contribution in [1.82, 2.24) is 4.90 Å². The van der Waals surface area contributed by atoms with Crippen LogP contribution in [0.5, 0.6) is 5.75 Å². The Labute approximate surface area is 168 Å². The number of hydrogen-bond donors (Lipinski definition) is 1. The van der Waals surface area contributed by atoms with Crippen molar-refractivity contribution in [3.05, 3.63) is 64.2 Å². The molecule has 0 unspecified atom stereocenters. The maximum absolute atomic E-state index is 12.5. The minimum Gasteiger partial charge on any atom is -0.494 e. The molecule has 1 saturated heterocycles. The molecule has 1 N–H and O–H groups in total. The third-order valence-corrected chi connectivity index (χ3v) is 5.11. The Bertz CT molecular complexity index is 892. The number of anilines is 1. The van der Waals surface area contributed by atoms with Gasteiger partial charge in [0, 0.05) is 19.2 Å². The number of benzene rings is 2. The lowest BCUT2D eigenvalue weighted by molar-refractivity contribution is -0.384. The Kier molecular flexibility index (Phi) is 6.43. The number of piperidine rings is 1. The van der Waals surface area contributed by atoms with Crippen LogP contribution in [-0.2, 0) is 16.0 Å². The maximum Gasteiger partial charge on any atom is 0.314 e. The van der Waals surface area contributed by atoms with Crippen LogP contribution in [0.1, 0.15) is 18.4 Å². The number of nitro benzene ring substituents is 1. The van der Waals surface area contributed by atoms with Crippen LogP contribution in [-0.4, -0.2) is 41.8 Å². The summed E-state index contributed by atoms with van der Waals surface area (Å²) >= 11 is 0. The number of likely N-dealkylation sites (tertiary alicyclic amines) is 1. The van der Waals surface area contributed by atoms with Gasteiger partial charge in [-0.25, -0.2) is 0 Å². The third kappa shape index (κ3) is 5.10. The first-order valence-electron chi connectivity index (χ1n) is 9.44. The van der Waals surface area contributed by atoms with Crippen LogP contribution in [0.4, 0.5) is 11.4 Å². The fraction of sp³-hybridized carbons (Fsp3) is 0.333. The molecule has 1 fully saturated rings. The number of methoxy groups -OCH3 is 1. The molecule has 3 rings (SSSR count). The first-order chi connectivity index (χ1) is 14.0. The van der Waals surface area contributed by atoms with Crippen molar-refractivity contribution in [2.75, 3.05) is 25.5 Å². The standard InChI is InChI=1S/C21H23N3O5/c1-29-19-14-17(24(27)28)7-8-18(19)22-20(25)21(26)23-11-9-16(10-12-23)13-15-5-3-2-4-6-15/h2-8,14,16H,9-13H2,1H3,(H,22,25). The zero-order valence-electron chi connectivity index (χ0n) is 16.2. The van der Waals surface area contributed by atoms with Crippen LogP contribution < -0.4 is 10.1 Å². The summed E-state index contributed by atoms with van der Waals surface area (Å²) < 4.78 is 5.09. The molecule has 1 aliphatic heterocycles. The van der Waals surface area contributed by atoms with E-state index in [9.17, 15) is 19.7 Å². The van der Waals surface area contributed by atoms with E-state index in [4.69, 9.17) is 4.74 Å². The Morgan fingerprint density at radius 1 is 1.17 bits per heavy atom. The number of nitrogens with one attached hydrogen (secondary N) is 1. The molecule has 8 nitrogen and oxygen atoms in total. The highest BCUT2D eigenvalue weighted by molar-refractivity contribution is 6.39. The highest BCUT2D eigenvalue weighted by Gasteiger charge is 2.28. The highest BCUT2D eigenvalue weighted by atomic mass is 16.6. The van der Waals surface area contributed by atoms with Crippen LogP contribution in [0.2, 0.25) is 0 Å². The van der Waals surface area contributed by atoms with E-state index in [0.29, 0.717) is 19.0 Å². The number of hydrogen-bond acceptors (Lipinski definition) is 5. The average Bonchev–Trinajstić information content (AvgIpc) is 2.74. The lowest BCUT2D eigenvalue weighted by Crippen LogP contribution is -2.44. The zero-order chi connectivity index (χ0) is 20.8. The van der Waals surface area contributed by atoms with Crippen LogP contribution in [0.3, 0.4) is 0 Å². The Morgan fingerprint density at radius 2 is 1.86 bits per heavy atom. The van der Waals surface area contributed by atoms with E-state index >= 15 is 0 Å². The molecule has 8 heteroatoms. The summed E-state index contributed by atoms with van der Waals surface area (Å²) in [6.45, 7) is 1.06. The molecule has 1 aliphatic rings. The van der Waals surface area contributed by atoms with E-state index < -0.39 is 16.7 Å². The fourth-order valence-corrected chi connectivity index (χ4v) is 3.50. The largest absolute Gasteiger partial charge is 0.494 e. The second-order valence-electron chi connectivity index (χ2n) is 7.02. The van der Waals surface area contributed by atoms with Gasteiger partial charge in [-0.15, -0.1) is 0 Å². The van der Waals surface area contributed by atoms with Gasteiger partial charge in [-0.3, -0.25) is 19.7 Å². The van der Waals surface area contributed by atoms with Gasteiger partial charge in [-0.2, -0.15) is 0 Å². The summed E-state index contributed by atoms with van der Waals surface area (Å²) in [5.41, 5.74) is 1.34. The topological polar surface area (TPSA) is 102 Å². The van der Waals surface area contributed by atoms with Gasteiger partial charge in [0.2, 0.25) is 0 Å². The molecule has 152 valence electrons. The first kappa shape index (κ1) is 20.3. The average molecular weight is 397 g/mol. The van der Waals surface area contributed by atoms with Crippen LogP contribution >= 0.6 is 0 Å². The quantitative estimate of drug-likeness (QED) is 0.475. The van der Waals surface area contributed by atoms with Crippen LogP contribution in [0.15, 0.2) is 48.5 Å². The third-order valence-electron chi connectivity index (χ3n) is 5.11. The molecule has 0 bridgehead atoms. The number of non-ortho nitro benzene ring substituents is 1. The second kappa shape index (κ2) is 9.18. The summed E-state index contributed by atoms with van der Waals surface area (Å²) in [6, 6.07) is 14.0. The van der Waals surface area contributed by atoms with Crippen LogP contribution in [0, 0.1) is 16.0 Å². The zero-order valence-corrected chi connectivity index (χ0v) is 16.2. The molecule has 1 heterocycles. The first-order valence-corrected chi connectivity index (χ1v) is 9.44. The lowest BCUT2D eigenvalue weighted by atomic mass is 9.90. The van der Waals surface area contributed by atoms with E-state index in [1.807, 2.05) is 18.2 Å². The van der Waals surface area contributed by atoms with Gasteiger partial charge in [0.1, 0.15) is 5.75 Å². The van der Waals surface area contributed by atoms with Gasteiger partial charge in [0.05, 0.1) is 23.8 Å². The Hall–Kier alpha value is -3.42. The SMILES string of the molecule is COc1cc([N+](=O)[O-])ccc1NC(=O)C(=O)N1CCC(Cc2ccccc2)CC1. The van der Waals surface area contributed by atoms with E-state index in [1.54, 1.807) is 4.90 Å². The lowest BCUT2D eigenvalue weighted by Gasteiger charge is -2.31. The van der Waals surface area contributed by atoms with E-state index in [1.165, 1.54) is 30.9 Å². The summed E-state index contributed by atoms with van der Waals surface area (Å²) in [6.07, 6.45) is 2.65. The van der Waals surface area contributed by atoms with Gasteiger partial charge in [0.15, 0.2) is 0 Å². The van der Waals surface area contributed by atoms with Crippen molar-refractivity contribution >= 4 is 23.2 Å². The molecular weight excluding hydrogens is 374 g/mol. The summed E-state index contributed by atoms with van der Waals surface area (Å²) in [7, 11) is 1.34.